The molecule has 0 unspecified atom stereocenters. The molecule has 5 nitrogen and oxygen atoms in total. The molecule has 2 fully saturated rings. The molecule has 2 saturated heterocycles. The van der Waals surface area contributed by atoms with Gasteiger partial charge in [0.05, 0.1) is 43.0 Å². The van der Waals surface area contributed by atoms with Crippen molar-refractivity contribution < 1.29 is 9.13 Å². The van der Waals surface area contributed by atoms with Crippen LogP contribution >= 0.6 is 0 Å². The van der Waals surface area contributed by atoms with Gasteiger partial charge in [0.25, 0.3) is 0 Å². The van der Waals surface area contributed by atoms with E-state index >= 15 is 0 Å². The second kappa shape index (κ2) is 4.70. The van der Waals surface area contributed by atoms with Gasteiger partial charge in [0.15, 0.2) is 5.82 Å². The molecule has 1 atom stereocenters. The summed E-state index contributed by atoms with van der Waals surface area (Å²) in [6, 6.07) is 0.333. The lowest BCUT2D eigenvalue weighted by Gasteiger charge is -2.44. The number of pyridine rings is 1. The van der Waals surface area contributed by atoms with E-state index in [1.807, 2.05) is 4.90 Å². The Labute approximate surface area is 105 Å². The van der Waals surface area contributed by atoms with Gasteiger partial charge in [-0.3, -0.25) is 9.88 Å². The molecule has 2 aliphatic rings. The Balaban J connectivity index is 1.81. The first-order valence-corrected chi connectivity index (χ1v) is 6.21. The van der Waals surface area contributed by atoms with E-state index in [2.05, 4.69) is 9.88 Å². The highest BCUT2D eigenvalue weighted by molar-refractivity contribution is 5.67. The molecule has 1 aromatic heterocycles. The standard InChI is InChI=1S/C12H17FN4O/c13-10-5-15-6-11(14)12(10)17-2-1-16-3-4-18-8-9(16)7-17/h5-6,9H,1-4,7-8,14H2/t9-/m0/s1. The summed E-state index contributed by atoms with van der Waals surface area (Å²) in [6.07, 6.45) is 2.72. The summed E-state index contributed by atoms with van der Waals surface area (Å²) in [7, 11) is 0. The zero-order valence-electron chi connectivity index (χ0n) is 10.2. The molecule has 0 aromatic carbocycles. The highest BCUT2D eigenvalue weighted by atomic mass is 19.1. The lowest BCUT2D eigenvalue weighted by molar-refractivity contribution is -0.0117. The van der Waals surface area contributed by atoms with Crippen LogP contribution in [0.1, 0.15) is 0 Å². The Bertz CT molecular complexity index is 422. The van der Waals surface area contributed by atoms with Gasteiger partial charge in [0.2, 0.25) is 0 Å². The molecule has 0 spiro atoms. The average molecular weight is 252 g/mol. The molecule has 0 aliphatic carbocycles. The van der Waals surface area contributed by atoms with Crippen molar-refractivity contribution in [3.63, 3.8) is 0 Å². The molecule has 98 valence electrons. The van der Waals surface area contributed by atoms with E-state index in [1.165, 1.54) is 12.4 Å². The van der Waals surface area contributed by atoms with Crippen LogP contribution in [0.15, 0.2) is 12.4 Å². The number of piperazine rings is 1. The van der Waals surface area contributed by atoms with E-state index in [-0.39, 0.29) is 5.82 Å². The third kappa shape index (κ3) is 2.02. The topological polar surface area (TPSA) is 54.6 Å². The van der Waals surface area contributed by atoms with Gasteiger partial charge in [0, 0.05) is 26.2 Å². The van der Waals surface area contributed by atoms with E-state index in [9.17, 15) is 4.39 Å². The second-order valence-corrected chi connectivity index (χ2v) is 4.77. The number of nitrogen functional groups attached to an aromatic ring is 1. The molecule has 0 amide bonds. The zero-order valence-corrected chi connectivity index (χ0v) is 10.2. The van der Waals surface area contributed by atoms with Crippen LogP contribution in [0.2, 0.25) is 0 Å². The van der Waals surface area contributed by atoms with Crippen molar-refractivity contribution in [3.05, 3.63) is 18.2 Å². The molecule has 18 heavy (non-hydrogen) atoms. The Morgan fingerprint density at radius 3 is 3.06 bits per heavy atom. The van der Waals surface area contributed by atoms with Crippen LogP contribution in [0.5, 0.6) is 0 Å². The summed E-state index contributed by atoms with van der Waals surface area (Å²) in [5.41, 5.74) is 6.72. The zero-order chi connectivity index (χ0) is 12.5. The molecule has 0 radical (unpaired) electrons. The number of morpholine rings is 1. The Kier molecular flexibility index (Phi) is 3.05. The number of halogens is 1. The molecule has 3 rings (SSSR count). The minimum absolute atomic E-state index is 0.333. The van der Waals surface area contributed by atoms with Gasteiger partial charge in [-0.1, -0.05) is 0 Å². The largest absolute Gasteiger partial charge is 0.396 e. The number of ether oxygens (including phenoxy) is 1. The van der Waals surface area contributed by atoms with E-state index in [0.29, 0.717) is 24.0 Å². The summed E-state index contributed by atoms with van der Waals surface area (Å²) >= 11 is 0. The molecule has 3 heterocycles. The van der Waals surface area contributed by atoms with E-state index in [4.69, 9.17) is 10.5 Å². The first kappa shape index (κ1) is 11.7. The smallest absolute Gasteiger partial charge is 0.166 e. The molecule has 2 N–H and O–H groups in total. The normalized spacial score (nSPS) is 24.9. The number of aromatic nitrogens is 1. The minimum atomic E-state index is -0.347. The fraction of sp³-hybridized carbons (Fsp3) is 0.583. The summed E-state index contributed by atoms with van der Waals surface area (Å²) in [5, 5.41) is 0. The maximum atomic E-state index is 13.8. The van der Waals surface area contributed by atoms with Crippen molar-refractivity contribution in [2.45, 2.75) is 6.04 Å². The fourth-order valence-electron chi connectivity index (χ4n) is 2.73. The van der Waals surface area contributed by atoms with Crippen molar-refractivity contribution in [1.82, 2.24) is 9.88 Å². The Hall–Kier alpha value is -1.40. The molecular weight excluding hydrogens is 235 g/mol. The van der Waals surface area contributed by atoms with Crippen molar-refractivity contribution in [3.8, 4) is 0 Å². The highest BCUT2D eigenvalue weighted by Gasteiger charge is 2.31. The quantitative estimate of drug-likeness (QED) is 0.780. The van der Waals surface area contributed by atoms with Gasteiger partial charge in [-0.05, 0) is 0 Å². The number of fused-ring (bicyclic) bond motifs is 1. The number of hydrogen-bond donors (Lipinski definition) is 1. The molecule has 0 bridgehead atoms. The fourth-order valence-corrected chi connectivity index (χ4v) is 2.73. The predicted octanol–water partition coefficient (Wildman–Crippen LogP) is 0.324. The summed E-state index contributed by atoms with van der Waals surface area (Å²) < 4.78 is 19.3. The van der Waals surface area contributed by atoms with Crippen LogP contribution in [-0.2, 0) is 4.74 Å². The third-order valence-corrected chi connectivity index (χ3v) is 3.66. The van der Waals surface area contributed by atoms with E-state index < -0.39 is 0 Å². The summed E-state index contributed by atoms with van der Waals surface area (Å²) in [6.45, 7) is 4.94. The van der Waals surface area contributed by atoms with Crippen LogP contribution in [-0.4, -0.2) is 55.3 Å². The predicted molar refractivity (Wildman–Crippen MR) is 67.0 cm³/mol. The monoisotopic (exact) mass is 252 g/mol. The van der Waals surface area contributed by atoms with E-state index in [1.54, 1.807) is 0 Å². The van der Waals surface area contributed by atoms with Crippen molar-refractivity contribution >= 4 is 11.4 Å². The lowest BCUT2D eigenvalue weighted by Crippen LogP contribution is -2.58. The minimum Gasteiger partial charge on any atom is -0.396 e. The number of rotatable bonds is 1. The summed E-state index contributed by atoms with van der Waals surface area (Å²) in [4.78, 5) is 8.16. The first-order valence-electron chi connectivity index (χ1n) is 6.21. The average Bonchev–Trinajstić information content (AvgIpc) is 2.38. The number of nitrogens with two attached hydrogens (primary N) is 1. The van der Waals surface area contributed by atoms with Gasteiger partial charge in [0.1, 0.15) is 0 Å². The maximum absolute atomic E-state index is 13.8. The summed E-state index contributed by atoms with van der Waals surface area (Å²) in [5.74, 6) is -0.347. The van der Waals surface area contributed by atoms with Crippen LogP contribution in [0, 0.1) is 5.82 Å². The van der Waals surface area contributed by atoms with Crippen LogP contribution in [0.25, 0.3) is 0 Å². The van der Waals surface area contributed by atoms with Gasteiger partial charge >= 0.3 is 0 Å². The third-order valence-electron chi connectivity index (χ3n) is 3.66. The Morgan fingerprint density at radius 2 is 2.22 bits per heavy atom. The van der Waals surface area contributed by atoms with Gasteiger partial charge in [-0.2, -0.15) is 0 Å². The molecule has 0 saturated carbocycles. The highest BCUT2D eigenvalue weighted by Crippen LogP contribution is 2.28. The lowest BCUT2D eigenvalue weighted by atomic mass is 10.1. The number of hydrogen-bond acceptors (Lipinski definition) is 5. The number of anilines is 2. The van der Waals surface area contributed by atoms with Crippen molar-refractivity contribution in [2.24, 2.45) is 0 Å². The molecule has 1 aromatic rings. The van der Waals surface area contributed by atoms with Crippen molar-refractivity contribution in [1.29, 1.82) is 0 Å². The number of nitrogens with zero attached hydrogens (tertiary/aromatic N) is 3. The van der Waals surface area contributed by atoms with Gasteiger partial charge < -0.3 is 15.4 Å². The van der Waals surface area contributed by atoms with E-state index in [0.717, 1.165) is 32.8 Å². The SMILES string of the molecule is Nc1cncc(F)c1N1CCN2CCOC[C@@H]2C1. The molecule has 2 aliphatic heterocycles. The molecular formula is C12H17FN4O. The maximum Gasteiger partial charge on any atom is 0.166 e. The van der Waals surface area contributed by atoms with Gasteiger partial charge in [-0.15, -0.1) is 0 Å². The second-order valence-electron chi connectivity index (χ2n) is 4.77. The van der Waals surface area contributed by atoms with Crippen LogP contribution in [0.4, 0.5) is 15.8 Å². The van der Waals surface area contributed by atoms with Gasteiger partial charge in [-0.25, -0.2) is 4.39 Å². The Morgan fingerprint density at radius 1 is 1.33 bits per heavy atom. The van der Waals surface area contributed by atoms with Crippen LogP contribution in [0.3, 0.4) is 0 Å². The molecule has 6 heteroatoms. The van der Waals surface area contributed by atoms with Crippen molar-refractivity contribution in [2.75, 3.05) is 50.0 Å². The van der Waals surface area contributed by atoms with Crippen LogP contribution < -0.4 is 10.6 Å². The first-order chi connectivity index (χ1) is 8.75.